The van der Waals surface area contributed by atoms with Gasteiger partial charge >= 0.3 is 0 Å². The molecule has 1 aromatic carbocycles. The lowest BCUT2D eigenvalue weighted by molar-refractivity contribution is -0.123. The van der Waals surface area contributed by atoms with Gasteiger partial charge in [-0.25, -0.2) is 0 Å². The predicted molar refractivity (Wildman–Crippen MR) is 107 cm³/mol. The average molecular weight is 380 g/mol. The van der Waals surface area contributed by atoms with E-state index < -0.39 is 0 Å². The summed E-state index contributed by atoms with van der Waals surface area (Å²) in [4.78, 5) is 34.0. The van der Waals surface area contributed by atoms with Crippen LogP contribution in [-0.2, 0) is 17.9 Å². The zero-order valence-corrected chi connectivity index (χ0v) is 15.8. The van der Waals surface area contributed by atoms with Crippen molar-refractivity contribution in [1.29, 1.82) is 0 Å². The molecule has 0 bridgehead atoms. The van der Waals surface area contributed by atoms with E-state index in [1.54, 1.807) is 30.3 Å². The van der Waals surface area contributed by atoms with E-state index in [9.17, 15) is 9.59 Å². The molecule has 146 valence electrons. The fourth-order valence-electron chi connectivity index (χ4n) is 2.84. The summed E-state index contributed by atoms with van der Waals surface area (Å²) in [6.45, 7) is 2.30. The summed E-state index contributed by atoms with van der Waals surface area (Å²) in [5.74, 6) is 0.428. The molecule has 1 saturated heterocycles. The van der Waals surface area contributed by atoms with Gasteiger partial charge in [-0.1, -0.05) is 18.2 Å². The van der Waals surface area contributed by atoms with Crippen molar-refractivity contribution in [3.05, 3.63) is 65.5 Å². The lowest BCUT2D eigenvalue weighted by Gasteiger charge is -2.26. The Kier molecular flexibility index (Phi) is 6.56. The van der Waals surface area contributed by atoms with Crippen LogP contribution in [0.2, 0.25) is 0 Å². The van der Waals surface area contributed by atoms with E-state index in [2.05, 4.69) is 25.9 Å². The Hall–Kier alpha value is -3.42. The molecule has 8 heteroatoms. The Balaban J connectivity index is 1.50. The molecule has 0 aliphatic carbocycles. The number of carbonyl (C=O) groups excluding carboxylic acids is 2. The van der Waals surface area contributed by atoms with E-state index in [-0.39, 0.29) is 18.4 Å². The Morgan fingerprint density at radius 1 is 1.18 bits per heavy atom. The highest BCUT2D eigenvalue weighted by Crippen LogP contribution is 2.09. The molecule has 2 heterocycles. The summed E-state index contributed by atoms with van der Waals surface area (Å²) in [6, 6.07) is 13.1. The first-order chi connectivity index (χ1) is 13.7. The maximum absolute atomic E-state index is 12.5. The molecule has 2 amide bonds. The fourth-order valence-corrected chi connectivity index (χ4v) is 2.84. The molecule has 1 aromatic heterocycles. The van der Waals surface area contributed by atoms with Gasteiger partial charge in [0.05, 0.1) is 18.8 Å². The Morgan fingerprint density at radius 2 is 1.96 bits per heavy atom. The number of pyridine rings is 1. The minimum absolute atomic E-state index is 0.112. The third kappa shape index (κ3) is 5.29. The summed E-state index contributed by atoms with van der Waals surface area (Å²) < 4.78 is 0. The van der Waals surface area contributed by atoms with E-state index in [1.165, 1.54) is 0 Å². The molecular weight excluding hydrogens is 356 g/mol. The second-order valence-corrected chi connectivity index (χ2v) is 6.37. The van der Waals surface area contributed by atoms with E-state index in [4.69, 9.17) is 0 Å². The maximum Gasteiger partial charge on any atom is 0.254 e. The zero-order chi connectivity index (χ0) is 19.8. The maximum atomic E-state index is 12.5. The molecule has 3 rings (SSSR count). The second-order valence-electron chi connectivity index (χ2n) is 6.37. The number of piperazine rings is 1. The van der Waals surface area contributed by atoms with Crippen LogP contribution in [0, 0.1) is 0 Å². The molecule has 3 N–H and O–H groups in total. The van der Waals surface area contributed by atoms with Crippen LogP contribution in [0.25, 0.3) is 0 Å². The van der Waals surface area contributed by atoms with Crippen LogP contribution in [0.5, 0.6) is 0 Å². The van der Waals surface area contributed by atoms with E-state index in [1.807, 2.05) is 30.3 Å². The van der Waals surface area contributed by atoms with Crippen LogP contribution in [-0.4, -0.2) is 54.3 Å². The number of guanidine groups is 1. The van der Waals surface area contributed by atoms with Crippen molar-refractivity contribution in [2.45, 2.75) is 13.1 Å². The normalized spacial score (nSPS) is 14.4. The van der Waals surface area contributed by atoms with Gasteiger partial charge in [0.1, 0.15) is 0 Å². The molecular formula is C20H24N6O2. The number of amides is 2. The van der Waals surface area contributed by atoms with Gasteiger partial charge in [0.15, 0.2) is 5.96 Å². The number of nitrogens with one attached hydrogen (secondary N) is 3. The highest BCUT2D eigenvalue weighted by atomic mass is 16.2. The zero-order valence-electron chi connectivity index (χ0n) is 15.8. The van der Waals surface area contributed by atoms with Crippen LogP contribution in [0.15, 0.2) is 53.7 Å². The number of hydrogen-bond donors (Lipinski definition) is 3. The molecule has 1 aliphatic heterocycles. The SMILES string of the molecule is CN=C(NCc1ccc(C(=O)N2CCNC(=O)C2)cc1)NCc1ccccn1. The number of aromatic nitrogens is 1. The van der Waals surface area contributed by atoms with Crippen LogP contribution >= 0.6 is 0 Å². The summed E-state index contributed by atoms with van der Waals surface area (Å²) in [5, 5.41) is 9.17. The molecule has 0 saturated carbocycles. The Labute approximate surface area is 164 Å². The predicted octanol–water partition coefficient (Wildman–Crippen LogP) is 0.519. The van der Waals surface area contributed by atoms with Crippen LogP contribution in [0.3, 0.4) is 0 Å². The van der Waals surface area contributed by atoms with Crippen LogP contribution in [0.1, 0.15) is 21.6 Å². The first kappa shape index (κ1) is 19.3. The molecule has 0 atom stereocenters. The fraction of sp³-hybridized carbons (Fsp3) is 0.300. The number of carbonyl (C=O) groups is 2. The quantitative estimate of drug-likeness (QED) is 0.519. The van der Waals surface area contributed by atoms with Crippen molar-refractivity contribution in [2.24, 2.45) is 4.99 Å². The van der Waals surface area contributed by atoms with Gasteiger partial charge in [-0.3, -0.25) is 19.6 Å². The molecule has 28 heavy (non-hydrogen) atoms. The highest BCUT2D eigenvalue weighted by molar-refractivity contribution is 5.97. The molecule has 0 spiro atoms. The number of nitrogens with zero attached hydrogens (tertiary/aromatic N) is 3. The molecule has 0 unspecified atom stereocenters. The van der Waals surface area contributed by atoms with Crippen LogP contribution in [0.4, 0.5) is 0 Å². The molecule has 1 aliphatic rings. The van der Waals surface area contributed by atoms with Crippen molar-refractivity contribution in [3.63, 3.8) is 0 Å². The third-order valence-corrected chi connectivity index (χ3v) is 4.37. The van der Waals surface area contributed by atoms with Gasteiger partial charge in [-0.15, -0.1) is 0 Å². The topological polar surface area (TPSA) is 98.7 Å². The second kappa shape index (κ2) is 9.50. The standard InChI is InChI=1S/C20H24N6O2/c1-21-20(25-13-17-4-2-3-9-22-17)24-12-15-5-7-16(8-6-15)19(28)26-11-10-23-18(27)14-26/h2-9H,10-14H2,1H3,(H,23,27)(H2,21,24,25). The van der Waals surface area contributed by atoms with Gasteiger partial charge in [0.2, 0.25) is 5.91 Å². The minimum atomic E-state index is -0.123. The third-order valence-electron chi connectivity index (χ3n) is 4.37. The molecule has 2 aromatic rings. The average Bonchev–Trinajstić information content (AvgIpc) is 2.74. The van der Waals surface area contributed by atoms with Crippen LogP contribution < -0.4 is 16.0 Å². The van der Waals surface area contributed by atoms with E-state index >= 15 is 0 Å². The Morgan fingerprint density at radius 3 is 2.64 bits per heavy atom. The first-order valence-corrected chi connectivity index (χ1v) is 9.15. The number of aliphatic imine (C=N–C) groups is 1. The van der Waals surface area contributed by atoms with Gasteiger partial charge in [-0.2, -0.15) is 0 Å². The summed E-state index contributed by atoms with van der Waals surface area (Å²) in [5.41, 5.74) is 2.53. The largest absolute Gasteiger partial charge is 0.353 e. The lowest BCUT2D eigenvalue weighted by atomic mass is 10.1. The molecule has 8 nitrogen and oxygen atoms in total. The number of hydrogen-bond acceptors (Lipinski definition) is 4. The van der Waals surface area contributed by atoms with Crippen molar-refractivity contribution in [1.82, 2.24) is 25.8 Å². The van der Waals surface area contributed by atoms with Crippen molar-refractivity contribution in [2.75, 3.05) is 26.7 Å². The highest BCUT2D eigenvalue weighted by Gasteiger charge is 2.22. The number of benzene rings is 1. The number of rotatable bonds is 5. The summed E-state index contributed by atoms with van der Waals surface area (Å²) >= 11 is 0. The van der Waals surface area contributed by atoms with Gasteiger partial charge in [-0.05, 0) is 29.8 Å². The lowest BCUT2D eigenvalue weighted by Crippen LogP contribution is -2.49. The van der Waals surface area contributed by atoms with E-state index in [0.717, 1.165) is 11.3 Å². The van der Waals surface area contributed by atoms with Crippen molar-refractivity contribution < 1.29 is 9.59 Å². The minimum Gasteiger partial charge on any atom is -0.353 e. The van der Waals surface area contributed by atoms with Crippen molar-refractivity contribution in [3.8, 4) is 0 Å². The first-order valence-electron chi connectivity index (χ1n) is 9.15. The van der Waals surface area contributed by atoms with Gasteiger partial charge in [0, 0.05) is 38.4 Å². The summed E-state index contributed by atoms with van der Waals surface area (Å²) in [6.07, 6.45) is 1.76. The molecule has 0 radical (unpaired) electrons. The van der Waals surface area contributed by atoms with Gasteiger partial charge < -0.3 is 20.9 Å². The monoisotopic (exact) mass is 380 g/mol. The smallest absolute Gasteiger partial charge is 0.254 e. The summed E-state index contributed by atoms with van der Waals surface area (Å²) in [7, 11) is 1.71. The van der Waals surface area contributed by atoms with Crippen molar-refractivity contribution >= 4 is 17.8 Å². The Bertz CT molecular complexity index is 836. The van der Waals surface area contributed by atoms with E-state index in [0.29, 0.717) is 37.7 Å². The van der Waals surface area contributed by atoms with Gasteiger partial charge in [0.25, 0.3) is 5.91 Å². The molecule has 1 fully saturated rings.